The van der Waals surface area contributed by atoms with Crippen LogP contribution in [-0.2, 0) is 27.7 Å². The summed E-state index contributed by atoms with van der Waals surface area (Å²) in [6.45, 7) is 3.27. The minimum absolute atomic E-state index is 0.0958. The zero-order valence-corrected chi connectivity index (χ0v) is 15.9. The van der Waals surface area contributed by atoms with E-state index < -0.39 is 24.5 Å². The summed E-state index contributed by atoms with van der Waals surface area (Å²) in [6.07, 6.45) is 0.695. The van der Waals surface area contributed by atoms with E-state index in [0.29, 0.717) is 11.4 Å². The molecule has 0 aliphatic rings. The van der Waals surface area contributed by atoms with Crippen LogP contribution in [0, 0.1) is 0 Å². The summed E-state index contributed by atoms with van der Waals surface area (Å²) < 4.78 is 10.9. The maximum absolute atomic E-state index is 12.1. The Morgan fingerprint density at radius 3 is 2.56 bits per heavy atom. The first-order valence-corrected chi connectivity index (χ1v) is 8.98. The van der Waals surface area contributed by atoms with Gasteiger partial charge in [0.1, 0.15) is 5.00 Å². The zero-order valence-electron chi connectivity index (χ0n) is 15.1. The molecule has 1 N–H and O–H groups in total. The highest BCUT2D eigenvalue weighted by molar-refractivity contribution is 7.16. The van der Waals surface area contributed by atoms with E-state index in [1.54, 1.807) is 13.0 Å². The summed E-state index contributed by atoms with van der Waals surface area (Å²) in [7, 11) is 1.39. The fraction of sp³-hybridized carbons (Fsp3) is 0.353. The summed E-state index contributed by atoms with van der Waals surface area (Å²) in [4.78, 5) is 48.2. The van der Waals surface area contributed by atoms with Crippen molar-refractivity contribution in [2.75, 3.05) is 18.5 Å². The lowest BCUT2D eigenvalue weighted by Crippen LogP contribution is -2.24. The number of rotatable bonds is 7. The average molecular weight is 393 g/mol. The molecule has 0 radical (unpaired) electrons. The molecule has 0 saturated carbocycles. The fourth-order valence-electron chi connectivity index (χ4n) is 2.05. The maximum Gasteiger partial charge on any atom is 0.359 e. The fourth-order valence-corrected chi connectivity index (χ4v) is 3.05. The van der Waals surface area contributed by atoms with Crippen LogP contribution in [0.4, 0.5) is 5.00 Å². The Morgan fingerprint density at radius 1 is 1.19 bits per heavy atom. The highest BCUT2D eigenvalue weighted by Gasteiger charge is 2.19. The lowest BCUT2D eigenvalue weighted by Gasteiger charge is -2.07. The monoisotopic (exact) mass is 393 g/mol. The molecular formula is C17H19N3O6S. The van der Waals surface area contributed by atoms with Crippen molar-refractivity contribution in [3.63, 3.8) is 0 Å². The van der Waals surface area contributed by atoms with Gasteiger partial charge >= 0.3 is 11.9 Å². The van der Waals surface area contributed by atoms with E-state index in [1.165, 1.54) is 30.5 Å². The van der Waals surface area contributed by atoms with E-state index in [1.807, 2.05) is 6.92 Å². The standard InChI is InChI=1S/C17H19N3O6S/c1-4-10-8-11(16(23)25-5-2)15(27-10)18-13(21)9-26-17(24)12-6-7-14(22)20(3)19-12/h6-8H,4-5,9H2,1-3H3,(H,18,21). The number of nitrogens with one attached hydrogen (secondary N) is 1. The number of amides is 1. The van der Waals surface area contributed by atoms with E-state index in [0.717, 1.165) is 9.56 Å². The Morgan fingerprint density at radius 2 is 1.93 bits per heavy atom. The molecule has 27 heavy (non-hydrogen) atoms. The quantitative estimate of drug-likeness (QED) is 0.706. The smallest absolute Gasteiger partial charge is 0.359 e. The number of ether oxygens (including phenoxy) is 2. The van der Waals surface area contributed by atoms with Crippen molar-refractivity contribution >= 4 is 34.2 Å². The molecular weight excluding hydrogens is 374 g/mol. The zero-order chi connectivity index (χ0) is 20.0. The van der Waals surface area contributed by atoms with Gasteiger partial charge in [-0.1, -0.05) is 6.92 Å². The summed E-state index contributed by atoms with van der Waals surface area (Å²) >= 11 is 1.25. The summed E-state index contributed by atoms with van der Waals surface area (Å²) in [5.74, 6) is -1.98. The van der Waals surface area contributed by atoms with E-state index in [4.69, 9.17) is 9.47 Å². The number of carbonyl (C=O) groups is 3. The number of hydrogen-bond donors (Lipinski definition) is 1. The van der Waals surface area contributed by atoms with Gasteiger partial charge in [0.05, 0.1) is 12.2 Å². The largest absolute Gasteiger partial charge is 0.462 e. The van der Waals surface area contributed by atoms with Gasteiger partial charge in [-0.3, -0.25) is 9.59 Å². The molecule has 0 aromatic carbocycles. The van der Waals surface area contributed by atoms with Crippen molar-refractivity contribution in [2.45, 2.75) is 20.3 Å². The van der Waals surface area contributed by atoms with Crippen LogP contribution in [0.25, 0.3) is 0 Å². The minimum atomic E-state index is -0.841. The molecule has 1 amide bonds. The Bertz CT molecular complexity index is 918. The van der Waals surface area contributed by atoms with Gasteiger partial charge in [-0.05, 0) is 25.5 Å². The number of thiophene rings is 1. The van der Waals surface area contributed by atoms with Gasteiger partial charge in [-0.25, -0.2) is 14.3 Å². The molecule has 0 fully saturated rings. The first-order valence-electron chi connectivity index (χ1n) is 8.16. The van der Waals surface area contributed by atoms with Crippen molar-refractivity contribution < 1.29 is 23.9 Å². The van der Waals surface area contributed by atoms with Gasteiger partial charge < -0.3 is 14.8 Å². The molecule has 2 heterocycles. The third-order valence-corrected chi connectivity index (χ3v) is 4.58. The third-order valence-electron chi connectivity index (χ3n) is 3.38. The van der Waals surface area contributed by atoms with Crippen molar-refractivity contribution in [3.05, 3.63) is 44.7 Å². The van der Waals surface area contributed by atoms with Crippen molar-refractivity contribution in [1.82, 2.24) is 9.78 Å². The first-order chi connectivity index (χ1) is 12.8. The van der Waals surface area contributed by atoms with Gasteiger partial charge in [-0.2, -0.15) is 5.10 Å². The van der Waals surface area contributed by atoms with Crippen LogP contribution >= 0.6 is 11.3 Å². The van der Waals surface area contributed by atoms with Gasteiger partial charge in [0, 0.05) is 18.0 Å². The van der Waals surface area contributed by atoms with Gasteiger partial charge in [0.15, 0.2) is 12.3 Å². The van der Waals surface area contributed by atoms with Gasteiger partial charge in [-0.15, -0.1) is 11.3 Å². The lowest BCUT2D eigenvalue weighted by atomic mass is 10.2. The first kappa shape index (κ1) is 20.3. The van der Waals surface area contributed by atoms with Crippen LogP contribution < -0.4 is 10.9 Å². The van der Waals surface area contributed by atoms with Crippen LogP contribution in [0.5, 0.6) is 0 Å². The van der Waals surface area contributed by atoms with E-state index in [-0.39, 0.29) is 23.4 Å². The summed E-state index contributed by atoms with van der Waals surface area (Å²) in [5.41, 5.74) is -0.209. The molecule has 10 heteroatoms. The lowest BCUT2D eigenvalue weighted by molar-refractivity contribution is -0.119. The van der Waals surface area contributed by atoms with Crippen molar-refractivity contribution in [2.24, 2.45) is 7.05 Å². The number of nitrogens with zero attached hydrogens (tertiary/aromatic N) is 2. The number of aryl methyl sites for hydroxylation is 2. The molecule has 144 valence electrons. The second-order valence-corrected chi connectivity index (χ2v) is 6.47. The van der Waals surface area contributed by atoms with Crippen LogP contribution in [0.1, 0.15) is 39.6 Å². The number of carbonyl (C=O) groups excluding carboxylic acids is 3. The minimum Gasteiger partial charge on any atom is -0.462 e. The molecule has 0 aliphatic heterocycles. The van der Waals surface area contributed by atoms with E-state index >= 15 is 0 Å². The number of esters is 2. The van der Waals surface area contributed by atoms with Crippen LogP contribution in [-0.4, -0.2) is 40.8 Å². The molecule has 2 rings (SSSR count). The van der Waals surface area contributed by atoms with Crippen LogP contribution in [0.3, 0.4) is 0 Å². The average Bonchev–Trinajstić information content (AvgIpc) is 3.05. The van der Waals surface area contributed by atoms with Crippen molar-refractivity contribution in [1.29, 1.82) is 0 Å². The Labute approximate surface area is 158 Å². The van der Waals surface area contributed by atoms with E-state index in [9.17, 15) is 19.2 Å². The highest BCUT2D eigenvalue weighted by Crippen LogP contribution is 2.29. The number of anilines is 1. The normalized spacial score (nSPS) is 10.3. The predicted octanol–water partition coefficient (Wildman–Crippen LogP) is 1.38. The van der Waals surface area contributed by atoms with Crippen molar-refractivity contribution in [3.8, 4) is 0 Å². The van der Waals surface area contributed by atoms with E-state index in [2.05, 4.69) is 10.4 Å². The number of hydrogen-bond acceptors (Lipinski definition) is 8. The van der Waals surface area contributed by atoms with Gasteiger partial charge in [0.25, 0.3) is 11.5 Å². The molecule has 0 bridgehead atoms. The molecule has 2 aromatic heterocycles. The van der Waals surface area contributed by atoms with Gasteiger partial charge in [0.2, 0.25) is 0 Å². The molecule has 9 nitrogen and oxygen atoms in total. The Kier molecular flexibility index (Phi) is 6.83. The molecule has 0 aliphatic carbocycles. The third kappa shape index (κ3) is 5.23. The SMILES string of the molecule is CCOC(=O)c1cc(CC)sc1NC(=O)COC(=O)c1ccc(=O)n(C)n1. The highest BCUT2D eigenvalue weighted by atomic mass is 32.1. The van der Waals surface area contributed by atoms with Crippen LogP contribution in [0.2, 0.25) is 0 Å². The molecule has 0 atom stereocenters. The second kappa shape index (κ2) is 9.08. The molecule has 0 saturated heterocycles. The Hall–Kier alpha value is -3.01. The van der Waals surface area contributed by atoms with Crippen LogP contribution in [0.15, 0.2) is 23.0 Å². The summed E-state index contributed by atoms with van der Waals surface area (Å²) in [5, 5.41) is 6.64. The predicted molar refractivity (Wildman–Crippen MR) is 98.0 cm³/mol. The second-order valence-electron chi connectivity index (χ2n) is 5.33. The maximum atomic E-state index is 12.1. The Balaban J connectivity index is 2.02. The molecule has 2 aromatic rings. The topological polar surface area (TPSA) is 117 Å². The number of aromatic nitrogens is 2. The molecule has 0 spiro atoms. The summed E-state index contributed by atoms with van der Waals surface area (Å²) in [6, 6.07) is 4.06. The molecule has 0 unspecified atom stereocenters.